The van der Waals surface area contributed by atoms with Gasteiger partial charge in [-0.2, -0.15) is 26.3 Å². The number of nitrogens with zero attached hydrogens (tertiary/aromatic N) is 3. The number of anilines is 2. The molecule has 3 rings (SSSR count). The van der Waals surface area contributed by atoms with E-state index in [0.717, 1.165) is 5.69 Å². The second kappa shape index (κ2) is 9.71. The molecular weight excluding hydrogens is 462 g/mol. The first-order chi connectivity index (χ1) is 15.8. The van der Waals surface area contributed by atoms with Gasteiger partial charge in [-0.15, -0.1) is 0 Å². The Morgan fingerprint density at radius 1 is 0.853 bits per heavy atom. The van der Waals surface area contributed by atoms with E-state index >= 15 is 0 Å². The van der Waals surface area contributed by atoms with Gasteiger partial charge in [0.05, 0.1) is 0 Å². The SMILES string of the molecule is CN(C)c1ccc(C(=O)NC2CCC(N(C)c3cc(C(F)(F)F)nc(C(F)(F)F)c3)CC2)cc1. The van der Waals surface area contributed by atoms with E-state index in [1.54, 1.807) is 12.1 Å². The van der Waals surface area contributed by atoms with Gasteiger partial charge in [0.1, 0.15) is 11.4 Å². The van der Waals surface area contributed by atoms with Crippen molar-refractivity contribution in [3.63, 3.8) is 0 Å². The van der Waals surface area contributed by atoms with E-state index < -0.39 is 23.7 Å². The maximum Gasteiger partial charge on any atom is 0.433 e. The van der Waals surface area contributed by atoms with Crippen molar-refractivity contribution in [2.75, 3.05) is 30.9 Å². The molecule has 5 nitrogen and oxygen atoms in total. The van der Waals surface area contributed by atoms with Gasteiger partial charge in [0.25, 0.3) is 5.91 Å². The molecule has 0 bridgehead atoms. The maximum atomic E-state index is 13.1. The first-order valence-electron chi connectivity index (χ1n) is 10.7. The smallest absolute Gasteiger partial charge is 0.378 e. The highest BCUT2D eigenvalue weighted by Crippen LogP contribution is 2.37. The number of benzene rings is 1. The largest absolute Gasteiger partial charge is 0.433 e. The molecule has 1 N–H and O–H groups in total. The van der Waals surface area contributed by atoms with Crippen LogP contribution in [0.25, 0.3) is 0 Å². The molecule has 0 saturated heterocycles. The van der Waals surface area contributed by atoms with Gasteiger partial charge in [-0.05, 0) is 62.1 Å². The van der Waals surface area contributed by atoms with Gasteiger partial charge < -0.3 is 15.1 Å². The Morgan fingerprint density at radius 3 is 1.79 bits per heavy atom. The molecule has 2 aromatic rings. The van der Waals surface area contributed by atoms with Crippen LogP contribution in [0, 0.1) is 0 Å². The molecule has 34 heavy (non-hydrogen) atoms. The molecule has 0 atom stereocenters. The highest BCUT2D eigenvalue weighted by Gasteiger charge is 2.39. The van der Waals surface area contributed by atoms with Crippen molar-refractivity contribution < 1.29 is 31.1 Å². The molecule has 1 saturated carbocycles. The molecule has 0 aliphatic heterocycles. The number of halogens is 6. The molecule has 0 radical (unpaired) electrons. The summed E-state index contributed by atoms with van der Waals surface area (Å²) in [7, 11) is 5.26. The number of rotatable bonds is 5. The zero-order valence-corrected chi connectivity index (χ0v) is 19.0. The summed E-state index contributed by atoms with van der Waals surface area (Å²) in [6.07, 6.45) is -7.87. The van der Waals surface area contributed by atoms with Crippen LogP contribution in [0.2, 0.25) is 0 Å². The molecular formula is C23H26F6N4O. The van der Waals surface area contributed by atoms with Crippen molar-refractivity contribution in [1.82, 2.24) is 10.3 Å². The summed E-state index contributed by atoms with van der Waals surface area (Å²) in [4.78, 5) is 18.7. The fourth-order valence-electron chi connectivity index (χ4n) is 4.01. The zero-order valence-electron chi connectivity index (χ0n) is 19.0. The second-order valence-electron chi connectivity index (χ2n) is 8.62. The van der Waals surface area contributed by atoms with Gasteiger partial charge >= 0.3 is 12.4 Å². The van der Waals surface area contributed by atoms with Gasteiger partial charge in [-0.3, -0.25) is 4.79 Å². The number of amides is 1. The Labute approximate surface area is 193 Å². The van der Waals surface area contributed by atoms with Crippen LogP contribution in [0.5, 0.6) is 0 Å². The third-order valence-corrected chi connectivity index (χ3v) is 6.02. The van der Waals surface area contributed by atoms with E-state index in [9.17, 15) is 31.1 Å². The highest BCUT2D eigenvalue weighted by atomic mass is 19.4. The summed E-state index contributed by atoms with van der Waals surface area (Å²) < 4.78 is 78.7. The summed E-state index contributed by atoms with van der Waals surface area (Å²) in [5.74, 6) is -0.221. The molecule has 186 valence electrons. The standard InChI is InChI=1S/C23H26F6N4O/c1-32(2)16-8-4-14(5-9-16)21(34)30-15-6-10-17(11-7-15)33(3)18-12-19(22(24,25)26)31-20(13-18)23(27,28)29/h4-5,8-9,12-13,15,17H,6-7,10-11H2,1-3H3,(H,30,34). The lowest BCUT2D eigenvalue weighted by Crippen LogP contribution is -2.43. The van der Waals surface area contributed by atoms with Crippen LogP contribution in [-0.2, 0) is 12.4 Å². The minimum Gasteiger partial charge on any atom is -0.378 e. The van der Waals surface area contributed by atoms with Gasteiger partial charge in [0.15, 0.2) is 0 Å². The average Bonchev–Trinajstić information content (AvgIpc) is 2.77. The summed E-state index contributed by atoms with van der Waals surface area (Å²) in [5.41, 5.74) is -1.88. The van der Waals surface area contributed by atoms with Crippen molar-refractivity contribution >= 4 is 17.3 Å². The van der Waals surface area contributed by atoms with E-state index in [0.29, 0.717) is 43.4 Å². The van der Waals surface area contributed by atoms with E-state index in [4.69, 9.17) is 0 Å². The molecule has 1 aliphatic rings. The third-order valence-electron chi connectivity index (χ3n) is 6.02. The van der Waals surface area contributed by atoms with Gasteiger partial charge in [-0.1, -0.05) is 0 Å². The van der Waals surface area contributed by atoms with Crippen LogP contribution in [0.1, 0.15) is 47.4 Å². The first-order valence-corrected chi connectivity index (χ1v) is 10.7. The monoisotopic (exact) mass is 488 g/mol. The van der Waals surface area contributed by atoms with Gasteiger partial charge in [-0.25, -0.2) is 4.98 Å². The fraction of sp³-hybridized carbons (Fsp3) is 0.478. The lowest BCUT2D eigenvalue weighted by atomic mass is 9.90. The predicted octanol–water partition coefficient (Wildman–Crippen LogP) is 5.36. The number of alkyl halides is 6. The number of carbonyl (C=O) groups is 1. The maximum absolute atomic E-state index is 13.1. The van der Waals surface area contributed by atoms with Gasteiger partial charge in [0, 0.05) is 50.2 Å². The molecule has 11 heteroatoms. The number of aromatic nitrogens is 1. The summed E-state index contributed by atoms with van der Waals surface area (Å²) in [5, 5.41) is 2.96. The Bertz CT molecular complexity index is 964. The molecule has 1 aromatic carbocycles. The predicted molar refractivity (Wildman–Crippen MR) is 117 cm³/mol. The van der Waals surface area contributed by atoms with Crippen molar-refractivity contribution in [3.8, 4) is 0 Å². The van der Waals surface area contributed by atoms with E-state index in [-0.39, 0.29) is 23.7 Å². The third kappa shape index (κ3) is 6.12. The minimum atomic E-state index is -5.00. The molecule has 0 unspecified atom stereocenters. The normalized spacial score (nSPS) is 19.0. The van der Waals surface area contributed by atoms with Crippen molar-refractivity contribution in [3.05, 3.63) is 53.3 Å². The highest BCUT2D eigenvalue weighted by molar-refractivity contribution is 5.94. The average molecular weight is 488 g/mol. The van der Waals surface area contributed by atoms with E-state index in [2.05, 4.69) is 10.3 Å². The summed E-state index contributed by atoms with van der Waals surface area (Å²) in [6, 6.07) is 8.01. The molecule has 1 heterocycles. The fourth-order valence-corrected chi connectivity index (χ4v) is 4.01. The number of carbonyl (C=O) groups excluding carboxylic acids is 1. The molecule has 0 spiro atoms. The van der Waals surface area contributed by atoms with Crippen molar-refractivity contribution in [1.29, 1.82) is 0 Å². The van der Waals surface area contributed by atoms with E-state index in [1.807, 2.05) is 31.1 Å². The van der Waals surface area contributed by atoms with Crippen LogP contribution >= 0.6 is 0 Å². The van der Waals surface area contributed by atoms with E-state index in [1.165, 1.54) is 11.9 Å². The number of hydrogen-bond acceptors (Lipinski definition) is 4. The summed E-state index contributed by atoms with van der Waals surface area (Å²) in [6.45, 7) is 0. The Balaban J connectivity index is 1.65. The molecule has 1 fully saturated rings. The number of pyridine rings is 1. The molecule has 1 aliphatic carbocycles. The Morgan fingerprint density at radius 2 is 1.35 bits per heavy atom. The van der Waals surface area contributed by atoms with Crippen molar-refractivity contribution in [2.45, 2.75) is 50.1 Å². The van der Waals surface area contributed by atoms with Crippen LogP contribution < -0.4 is 15.1 Å². The lowest BCUT2D eigenvalue weighted by Gasteiger charge is -2.36. The van der Waals surface area contributed by atoms with Gasteiger partial charge in [0.2, 0.25) is 0 Å². The first kappa shape index (κ1) is 25.6. The zero-order chi connectivity index (χ0) is 25.3. The van der Waals surface area contributed by atoms with Crippen LogP contribution in [0.3, 0.4) is 0 Å². The van der Waals surface area contributed by atoms with Crippen LogP contribution in [-0.4, -0.2) is 44.1 Å². The summed E-state index contributed by atoms with van der Waals surface area (Å²) >= 11 is 0. The van der Waals surface area contributed by atoms with Crippen LogP contribution in [0.15, 0.2) is 36.4 Å². The number of hydrogen-bond donors (Lipinski definition) is 1. The Kier molecular flexibility index (Phi) is 7.32. The van der Waals surface area contributed by atoms with Crippen molar-refractivity contribution in [2.24, 2.45) is 0 Å². The minimum absolute atomic E-state index is 0.125. The second-order valence-corrected chi connectivity index (χ2v) is 8.62. The topological polar surface area (TPSA) is 48.5 Å². The Hall–Kier alpha value is -2.98. The molecule has 1 aromatic heterocycles. The quantitative estimate of drug-likeness (QED) is 0.576. The number of nitrogens with one attached hydrogen (secondary N) is 1. The molecule has 1 amide bonds. The van der Waals surface area contributed by atoms with Crippen LogP contribution in [0.4, 0.5) is 37.7 Å². The lowest BCUT2D eigenvalue weighted by molar-refractivity contribution is -0.150.